The third kappa shape index (κ3) is 14.0. The largest absolute Gasteiger partial charge is 0.498 e. The van der Waals surface area contributed by atoms with Crippen molar-refractivity contribution < 1.29 is 55.5 Å². The lowest BCUT2D eigenvalue weighted by Crippen LogP contribution is -2.41. The predicted octanol–water partition coefficient (Wildman–Crippen LogP) is 12.7. The lowest BCUT2D eigenvalue weighted by atomic mass is 9.81. The normalized spacial score (nSPS) is 15.4. The zero-order chi connectivity index (χ0) is 63.4. The number of pyridine rings is 4. The van der Waals surface area contributed by atoms with Crippen molar-refractivity contribution in [1.82, 2.24) is 39.9 Å². The van der Waals surface area contributed by atoms with E-state index in [1.165, 1.54) is 73.6 Å². The number of carbonyl (C=O) groups is 4. The molecule has 22 heteroatoms. The molecule has 3 aliphatic rings. The van der Waals surface area contributed by atoms with E-state index >= 15 is 4.39 Å². The third-order valence-corrected chi connectivity index (χ3v) is 16.7. The molecular formula is C68H56BClF4N8O8. The first-order valence-corrected chi connectivity index (χ1v) is 29.1. The second-order valence-electron chi connectivity index (χ2n) is 23.2. The summed E-state index contributed by atoms with van der Waals surface area (Å²) in [5, 5.41) is 1.45. The van der Waals surface area contributed by atoms with Crippen molar-refractivity contribution in [2.24, 2.45) is 10.8 Å². The Balaban J connectivity index is 0.000000152. The van der Waals surface area contributed by atoms with Crippen LogP contribution in [0.25, 0.3) is 33.1 Å². The topological polar surface area (TPSA) is 208 Å². The summed E-state index contributed by atoms with van der Waals surface area (Å²) < 4.78 is 79.6. The third-order valence-electron chi connectivity index (χ3n) is 16.5. The first-order valence-electron chi connectivity index (χ1n) is 28.7. The summed E-state index contributed by atoms with van der Waals surface area (Å²) in [7, 11) is -0.365. The Bertz CT molecular complexity index is 4320. The lowest BCUT2D eigenvalue weighted by molar-refractivity contribution is -0.135. The number of nitrogens with zero attached hydrogens (tertiary/aromatic N) is 8. The second-order valence-corrected chi connectivity index (χ2v) is 23.6. The molecule has 0 unspecified atom stereocenters. The van der Waals surface area contributed by atoms with Gasteiger partial charge in [0.1, 0.15) is 40.9 Å². The summed E-state index contributed by atoms with van der Waals surface area (Å²) in [6.45, 7) is 8.10. The fourth-order valence-corrected chi connectivity index (χ4v) is 10.3. The van der Waals surface area contributed by atoms with Crippen LogP contribution < -0.4 is 14.9 Å². The number of ether oxygens (including phenoxy) is 2. The summed E-state index contributed by atoms with van der Waals surface area (Å²) in [5.74, 6) is -2.18. The minimum atomic E-state index is -1.05. The van der Waals surface area contributed by atoms with Gasteiger partial charge < -0.3 is 18.8 Å². The van der Waals surface area contributed by atoms with E-state index in [1.807, 2.05) is 27.7 Å². The number of carbonyl (C=O) groups excluding carboxylic acids is 4. The number of hydrogen-bond acceptors (Lipinski definition) is 16. The highest BCUT2D eigenvalue weighted by Gasteiger charge is 2.56. The molecule has 13 rings (SSSR count). The molecule has 2 aliphatic carbocycles. The number of ketones is 4. The van der Waals surface area contributed by atoms with Gasteiger partial charge in [-0.15, -0.1) is 0 Å². The van der Waals surface area contributed by atoms with Gasteiger partial charge in [-0.05, 0) is 142 Å². The number of aromatic nitrogens is 8. The number of fused-ring (bicyclic) bond motifs is 2. The van der Waals surface area contributed by atoms with Crippen molar-refractivity contribution in [3.8, 4) is 34.3 Å². The fraction of sp³-hybridized carbons (Fsp3) is 0.235. The Labute approximate surface area is 519 Å². The maximum absolute atomic E-state index is 15.1. The number of Topliss-reactive ketones (excluding diaryl/α,β-unsaturated/α-hetero) is 4. The molecule has 1 aliphatic heterocycles. The highest BCUT2D eigenvalue weighted by molar-refractivity contribution is 6.61. The van der Waals surface area contributed by atoms with Crippen molar-refractivity contribution in [3.63, 3.8) is 0 Å². The Morgan fingerprint density at radius 2 is 0.878 bits per heavy atom. The molecule has 4 aromatic carbocycles. The molecule has 3 fully saturated rings. The van der Waals surface area contributed by atoms with Gasteiger partial charge in [-0.2, -0.15) is 0 Å². The summed E-state index contributed by atoms with van der Waals surface area (Å²) in [6, 6.07) is 26.5. The van der Waals surface area contributed by atoms with E-state index < -0.39 is 22.5 Å². The smallest absolute Gasteiger partial charge is 0.453 e. The molecular weight excluding hydrogens is 1180 g/mol. The Morgan fingerprint density at radius 1 is 0.478 bits per heavy atom. The summed E-state index contributed by atoms with van der Waals surface area (Å²) >= 11 is 5.90. The zero-order valence-electron chi connectivity index (χ0n) is 49.1. The van der Waals surface area contributed by atoms with E-state index in [2.05, 4.69) is 39.9 Å². The molecule has 0 spiro atoms. The SMILES string of the molecule is CC1(C)OB(c2cncnc2)OC1(C)C.O=C(Cc1ccc(F)cc1)C1(C(=O)Cc2ccc(Oc3ccnc4cc(-c5cncnc5)ncc34)c(F)c2)CC1.O=C(Cc1ccc(F)cc1)C1(C(=O)Cc2ccc(Oc3ccnc4cc(Cl)ncc34)c(F)c2)CC1. The molecule has 0 atom stereocenters. The van der Waals surface area contributed by atoms with Gasteiger partial charge in [0.2, 0.25) is 0 Å². The first kappa shape index (κ1) is 62.1. The molecule has 0 amide bonds. The van der Waals surface area contributed by atoms with Gasteiger partial charge in [0.25, 0.3) is 0 Å². The van der Waals surface area contributed by atoms with E-state index in [0.717, 1.165) is 11.0 Å². The molecule has 10 aromatic rings. The van der Waals surface area contributed by atoms with E-state index in [1.54, 1.807) is 97.8 Å². The number of halogens is 5. The van der Waals surface area contributed by atoms with Gasteiger partial charge in [0, 0.05) is 92.4 Å². The number of rotatable bonds is 18. The van der Waals surface area contributed by atoms with Gasteiger partial charge in [-0.1, -0.05) is 48.0 Å². The fourth-order valence-electron chi connectivity index (χ4n) is 10.2. The van der Waals surface area contributed by atoms with E-state index in [0.29, 0.717) is 86.9 Å². The highest BCUT2D eigenvalue weighted by Crippen LogP contribution is 2.50. The van der Waals surface area contributed by atoms with Crippen LogP contribution in [-0.2, 0) is 54.2 Å². The standard InChI is InChI=1S/C31H22F2N4O3.C27H19ClF2N2O3.C10H15BN2O2/c32-22-4-1-19(2-5-22)12-29(38)31(8-9-31)30(39)13-20-3-6-28(24(33)11-20)40-27-7-10-36-26-14-25(37-17-23(26)27)21-15-34-18-35-16-21;28-26-14-21-19(15-32-26)22(7-10-31-21)35-23-6-3-17(11-20(23)30)13-25(34)27(8-9-27)24(33)12-16-1-4-18(29)5-2-16;1-9(2)10(3,4)15-11(14-9)8-5-12-7-13-6-8/h1-7,10-11,14-18H,8-9,12-13H2;1-7,10-11,14-15H,8-9,12-13H2;5-7H,1-4H3. The van der Waals surface area contributed by atoms with Crippen LogP contribution in [0.1, 0.15) is 75.6 Å². The molecule has 1 saturated heterocycles. The Kier molecular flexibility index (Phi) is 17.8. The van der Waals surface area contributed by atoms with Gasteiger partial charge >= 0.3 is 7.12 Å². The zero-order valence-corrected chi connectivity index (χ0v) is 49.9. The van der Waals surface area contributed by atoms with Crippen molar-refractivity contribution in [2.75, 3.05) is 0 Å². The van der Waals surface area contributed by atoms with Gasteiger partial charge in [0.05, 0.1) is 49.5 Å². The number of benzene rings is 4. The van der Waals surface area contributed by atoms with E-state index in [4.69, 9.17) is 30.4 Å². The van der Waals surface area contributed by atoms with Crippen LogP contribution in [0.15, 0.2) is 171 Å². The van der Waals surface area contributed by atoms with Crippen LogP contribution in [0.4, 0.5) is 17.6 Å². The molecule has 7 heterocycles. The van der Waals surface area contributed by atoms with Crippen molar-refractivity contribution in [3.05, 3.63) is 222 Å². The quantitative estimate of drug-likeness (QED) is 0.0339. The van der Waals surface area contributed by atoms with E-state index in [9.17, 15) is 32.3 Å². The minimum absolute atomic E-state index is 0.0160. The summed E-state index contributed by atoms with van der Waals surface area (Å²) in [5.41, 5.74) is 2.90. The van der Waals surface area contributed by atoms with Gasteiger partial charge in [-0.3, -0.25) is 34.1 Å². The molecule has 454 valence electrons. The minimum Gasteiger partial charge on any atom is -0.453 e. The Hall–Kier alpha value is -9.57. The molecule has 0 radical (unpaired) electrons. The highest BCUT2D eigenvalue weighted by atomic mass is 35.5. The van der Waals surface area contributed by atoms with Crippen LogP contribution in [0, 0.1) is 34.1 Å². The van der Waals surface area contributed by atoms with Crippen molar-refractivity contribution in [1.29, 1.82) is 0 Å². The molecule has 0 N–H and O–H groups in total. The summed E-state index contributed by atoms with van der Waals surface area (Å²) in [4.78, 5) is 84.8. The van der Waals surface area contributed by atoms with Crippen LogP contribution in [0.5, 0.6) is 23.0 Å². The summed E-state index contributed by atoms with van der Waals surface area (Å²) in [6.07, 6.45) is 17.7. The molecule has 90 heavy (non-hydrogen) atoms. The van der Waals surface area contributed by atoms with Crippen LogP contribution in [0.3, 0.4) is 0 Å². The number of hydrogen-bond donors (Lipinski definition) is 0. The van der Waals surface area contributed by atoms with Crippen LogP contribution in [0.2, 0.25) is 5.15 Å². The average molecular weight is 1240 g/mol. The first-order chi connectivity index (χ1) is 43.2. The average Bonchev–Trinajstić information content (AvgIpc) is 1.89. The van der Waals surface area contributed by atoms with Gasteiger partial charge in [-0.25, -0.2) is 42.5 Å². The van der Waals surface area contributed by atoms with Crippen molar-refractivity contribution >= 4 is 69.1 Å². The second kappa shape index (κ2) is 25.9. The molecule has 6 aromatic heterocycles. The maximum atomic E-state index is 15.1. The maximum Gasteiger partial charge on any atom is 0.498 e. The van der Waals surface area contributed by atoms with Crippen LogP contribution in [-0.4, -0.2) is 81.3 Å². The lowest BCUT2D eigenvalue weighted by Gasteiger charge is -2.32. The van der Waals surface area contributed by atoms with Gasteiger partial charge in [0.15, 0.2) is 46.3 Å². The molecule has 16 nitrogen and oxygen atoms in total. The molecule has 2 saturated carbocycles. The van der Waals surface area contributed by atoms with Crippen molar-refractivity contribution in [2.45, 2.75) is 90.3 Å². The van der Waals surface area contributed by atoms with Crippen LogP contribution >= 0.6 is 11.6 Å². The Morgan fingerprint density at radius 3 is 1.31 bits per heavy atom. The predicted molar refractivity (Wildman–Crippen MR) is 327 cm³/mol. The molecule has 0 bridgehead atoms. The van der Waals surface area contributed by atoms with E-state index in [-0.39, 0.29) is 95.4 Å². The monoisotopic (exact) mass is 1230 g/mol.